The number of carbonyl (C=O) groups is 1. The van der Waals surface area contributed by atoms with Gasteiger partial charge in [0.2, 0.25) is 0 Å². The Kier molecular flexibility index (Phi) is 6.71. The molecule has 5 aliphatic rings. The fraction of sp³-hybridized carbons (Fsp3) is 0.964. The molecule has 4 N–H and O–H groups in total. The molecular weight excluding hydrogens is 446 g/mol. The van der Waals surface area contributed by atoms with Crippen LogP contribution in [0.5, 0.6) is 0 Å². The van der Waals surface area contributed by atoms with Crippen LogP contribution in [0.25, 0.3) is 0 Å². The number of rotatable bonds is 4. The molecule has 1 aliphatic heterocycles. The van der Waals surface area contributed by atoms with E-state index in [2.05, 4.69) is 13.8 Å². The van der Waals surface area contributed by atoms with Gasteiger partial charge in [-0.2, -0.15) is 0 Å². The largest absolute Gasteiger partial charge is 0.390 e. The number of aliphatic hydroxyl groups is 2. The second-order valence-electron chi connectivity index (χ2n) is 13.1. The van der Waals surface area contributed by atoms with Gasteiger partial charge in [0.1, 0.15) is 5.78 Å². The maximum Gasteiger partial charge on any atom is 0.160 e. The number of aliphatic hydroxyl groups excluding tert-OH is 1. The average Bonchev–Trinajstić information content (AvgIpc) is 3.03. The molecule has 7 heteroatoms. The number of hydrogen-bond acceptors (Lipinski definition) is 7. The first kappa shape index (κ1) is 26.1. The van der Waals surface area contributed by atoms with Crippen LogP contribution in [0.4, 0.5) is 0 Å². The Hall–Kier alpha value is -0.570. The highest BCUT2D eigenvalue weighted by molar-refractivity contribution is 5.80. The Morgan fingerprint density at radius 3 is 2.49 bits per heavy atom. The average molecular weight is 494 g/mol. The third-order valence-electron chi connectivity index (χ3n) is 11.7. The predicted octanol–water partition coefficient (Wildman–Crippen LogP) is 3.18. The van der Waals surface area contributed by atoms with Crippen LogP contribution in [-0.2, 0) is 19.0 Å². The third kappa shape index (κ3) is 3.78. The standard InChI is InChI=1S/C28H47NO6/c1-15(30)21-13-23(31)28(32)20-7-6-17-12-18(35-24-14-22(33-5)25(29)16(2)34-24)8-10-26(17,3)19(20)9-11-27(21,28)4/h16-25,31-32H,6-14,29H2,1-5H3/t16-,17+,18+,19+,20-,21-,22+,23+,24+,25-,26+,27-,28-/m1/s1. The number of carbonyl (C=O) groups excluding carboxylic acids is 1. The molecule has 200 valence electrons. The van der Waals surface area contributed by atoms with Crippen molar-refractivity contribution in [2.24, 2.45) is 40.2 Å². The van der Waals surface area contributed by atoms with Gasteiger partial charge in [-0.3, -0.25) is 4.79 Å². The van der Waals surface area contributed by atoms with Crippen molar-refractivity contribution in [3.05, 3.63) is 0 Å². The maximum absolute atomic E-state index is 12.5. The molecule has 5 rings (SSSR count). The monoisotopic (exact) mass is 493 g/mol. The number of ether oxygens (including phenoxy) is 3. The van der Waals surface area contributed by atoms with Crippen molar-refractivity contribution < 1.29 is 29.2 Å². The highest BCUT2D eigenvalue weighted by atomic mass is 16.7. The first-order valence-electron chi connectivity index (χ1n) is 14.0. The Bertz CT molecular complexity index is 823. The summed E-state index contributed by atoms with van der Waals surface area (Å²) in [7, 11) is 1.70. The lowest BCUT2D eigenvalue weighted by Gasteiger charge is -2.64. The van der Waals surface area contributed by atoms with Crippen LogP contribution >= 0.6 is 0 Å². The molecule has 0 aromatic heterocycles. The van der Waals surface area contributed by atoms with E-state index in [0.717, 1.165) is 44.9 Å². The first-order valence-corrected chi connectivity index (χ1v) is 14.0. The summed E-state index contributed by atoms with van der Waals surface area (Å²) in [5.74, 6) is 0.793. The van der Waals surface area contributed by atoms with Crippen LogP contribution < -0.4 is 5.73 Å². The second-order valence-corrected chi connectivity index (χ2v) is 13.1. The molecule has 0 radical (unpaired) electrons. The summed E-state index contributed by atoms with van der Waals surface area (Å²) < 4.78 is 18.2. The zero-order valence-electron chi connectivity index (χ0n) is 22.2. The smallest absolute Gasteiger partial charge is 0.160 e. The first-order chi connectivity index (χ1) is 16.5. The Morgan fingerprint density at radius 2 is 1.80 bits per heavy atom. The zero-order valence-corrected chi connectivity index (χ0v) is 22.2. The van der Waals surface area contributed by atoms with E-state index in [4.69, 9.17) is 19.9 Å². The topological polar surface area (TPSA) is 111 Å². The lowest BCUT2D eigenvalue weighted by Crippen LogP contribution is -2.65. The van der Waals surface area contributed by atoms with E-state index < -0.39 is 17.1 Å². The molecule has 1 heterocycles. The van der Waals surface area contributed by atoms with Gasteiger partial charge in [0, 0.05) is 24.9 Å². The number of methoxy groups -OCH3 is 1. The number of fused-ring (bicyclic) bond motifs is 5. The van der Waals surface area contributed by atoms with Gasteiger partial charge in [-0.1, -0.05) is 13.8 Å². The molecule has 0 bridgehead atoms. The van der Waals surface area contributed by atoms with Crippen molar-refractivity contribution in [2.75, 3.05) is 7.11 Å². The van der Waals surface area contributed by atoms with Gasteiger partial charge >= 0.3 is 0 Å². The Morgan fingerprint density at radius 1 is 1.06 bits per heavy atom. The van der Waals surface area contributed by atoms with Gasteiger partial charge in [-0.05, 0) is 88.4 Å². The fourth-order valence-corrected chi connectivity index (χ4v) is 9.57. The number of nitrogens with two attached hydrogens (primary N) is 1. The maximum atomic E-state index is 12.5. The van der Waals surface area contributed by atoms with E-state index in [1.807, 2.05) is 6.92 Å². The van der Waals surface area contributed by atoms with E-state index >= 15 is 0 Å². The van der Waals surface area contributed by atoms with Crippen molar-refractivity contribution in [1.82, 2.24) is 0 Å². The van der Waals surface area contributed by atoms with Crippen molar-refractivity contribution in [3.8, 4) is 0 Å². The number of ketones is 1. The zero-order chi connectivity index (χ0) is 25.3. The molecular formula is C28H47NO6. The molecule has 0 amide bonds. The molecule has 5 fully saturated rings. The summed E-state index contributed by atoms with van der Waals surface area (Å²) in [4.78, 5) is 12.5. The summed E-state index contributed by atoms with van der Waals surface area (Å²) in [5, 5.41) is 23.3. The lowest BCUT2D eigenvalue weighted by molar-refractivity contribution is -0.260. The van der Waals surface area contributed by atoms with Gasteiger partial charge in [-0.25, -0.2) is 0 Å². The highest BCUT2D eigenvalue weighted by Crippen LogP contribution is 2.69. The molecule has 1 saturated heterocycles. The minimum Gasteiger partial charge on any atom is -0.390 e. The third-order valence-corrected chi connectivity index (χ3v) is 11.7. The second kappa shape index (κ2) is 9.02. The minimum absolute atomic E-state index is 0.0470. The van der Waals surface area contributed by atoms with Crippen LogP contribution in [0.3, 0.4) is 0 Å². The van der Waals surface area contributed by atoms with Crippen molar-refractivity contribution in [2.45, 2.75) is 128 Å². The normalized spacial score (nSPS) is 56.1. The van der Waals surface area contributed by atoms with Gasteiger partial charge in [0.15, 0.2) is 6.29 Å². The summed E-state index contributed by atoms with van der Waals surface area (Å²) in [6.07, 6.45) is 6.75. The molecule has 4 aliphatic carbocycles. The van der Waals surface area contributed by atoms with Crippen LogP contribution in [0.1, 0.15) is 85.5 Å². The van der Waals surface area contributed by atoms with E-state index in [9.17, 15) is 15.0 Å². The van der Waals surface area contributed by atoms with Crippen LogP contribution in [0.2, 0.25) is 0 Å². The van der Waals surface area contributed by atoms with E-state index in [1.165, 1.54) is 0 Å². The Balaban J connectivity index is 1.30. The number of Topliss-reactive ketones (excluding diaryl/α,β-unsaturated/α-hetero) is 1. The van der Waals surface area contributed by atoms with Crippen LogP contribution in [-0.4, -0.2) is 65.5 Å². The fourth-order valence-electron chi connectivity index (χ4n) is 9.57. The molecule has 4 saturated carbocycles. The number of hydrogen-bond donors (Lipinski definition) is 3. The van der Waals surface area contributed by atoms with Crippen molar-refractivity contribution in [1.29, 1.82) is 0 Å². The predicted molar refractivity (Wildman–Crippen MR) is 131 cm³/mol. The van der Waals surface area contributed by atoms with E-state index in [1.54, 1.807) is 14.0 Å². The minimum atomic E-state index is -1.17. The SMILES string of the molecule is CO[C@H]1C[C@H](O[C@H]2CC[C@@]3(C)[C@@H](CC[C@@H]4[C@@H]3CC[C@]3(C)[C@@H](C(C)=O)C[C@H](O)[C@]43O)C2)O[C@H](C)[C@H]1N. The van der Waals surface area contributed by atoms with Crippen molar-refractivity contribution in [3.63, 3.8) is 0 Å². The van der Waals surface area contributed by atoms with Gasteiger partial charge in [0.25, 0.3) is 0 Å². The molecule has 35 heavy (non-hydrogen) atoms. The summed E-state index contributed by atoms with van der Waals surface area (Å²) >= 11 is 0. The molecule has 0 aromatic rings. The van der Waals surface area contributed by atoms with Crippen LogP contribution in [0, 0.1) is 34.5 Å². The molecule has 13 atom stereocenters. The lowest BCUT2D eigenvalue weighted by atomic mass is 9.43. The summed E-state index contributed by atoms with van der Waals surface area (Å²) in [6.45, 7) is 8.09. The summed E-state index contributed by atoms with van der Waals surface area (Å²) in [6, 6.07) is -0.138. The van der Waals surface area contributed by atoms with E-state index in [0.29, 0.717) is 24.7 Å². The van der Waals surface area contributed by atoms with Gasteiger partial charge in [-0.15, -0.1) is 0 Å². The van der Waals surface area contributed by atoms with Gasteiger partial charge < -0.3 is 30.2 Å². The quantitative estimate of drug-likeness (QED) is 0.516. The molecule has 0 aromatic carbocycles. The summed E-state index contributed by atoms with van der Waals surface area (Å²) in [5.41, 5.74) is 4.64. The molecule has 7 nitrogen and oxygen atoms in total. The van der Waals surface area contributed by atoms with Crippen molar-refractivity contribution >= 4 is 5.78 Å². The highest BCUT2D eigenvalue weighted by Gasteiger charge is 2.71. The Labute approximate surface area is 210 Å². The van der Waals surface area contributed by atoms with E-state index in [-0.39, 0.29) is 53.7 Å². The van der Waals surface area contributed by atoms with Crippen LogP contribution in [0.15, 0.2) is 0 Å². The molecule has 0 spiro atoms. The molecule has 0 unspecified atom stereocenters. The van der Waals surface area contributed by atoms with Gasteiger partial charge in [0.05, 0.1) is 36.1 Å².